The Kier molecular flexibility index (Phi) is 2.19. The van der Waals surface area contributed by atoms with Gasteiger partial charge < -0.3 is 4.43 Å². The summed E-state index contributed by atoms with van der Waals surface area (Å²) in [6.07, 6.45) is 5.85. The Balaban J connectivity index is 1.84. The van der Waals surface area contributed by atoms with Crippen molar-refractivity contribution in [2.75, 3.05) is 0 Å². The summed E-state index contributed by atoms with van der Waals surface area (Å²) in [4.78, 5) is 11.9. The van der Waals surface area contributed by atoms with Crippen LogP contribution in [0.3, 0.4) is 0 Å². The molecule has 0 radical (unpaired) electrons. The van der Waals surface area contributed by atoms with Gasteiger partial charge in [-0.05, 0) is 44.3 Å². The Labute approximate surface area is 98.9 Å². The summed E-state index contributed by atoms with van der Waals surface area (Å²) in [6, 6.07) is 0. The summed E-state index contributed by atoms with van der Waals surface area (Å²) in [6.45, 7) is 6.74. The highest BCUT2D eigenvalue weighted by molar-refractivity contribution is 6.69. The maximum absolute atomic E-state index is 11.9. The van der Waals surface area contributed by atoms with Gasteiger partial charge in [-0.3, -0.25) is 4.79 Å². The van der Waals surface area contributed by atoms with Crippen molar-refractivity contribution in [3.8, 4) is 0 Å². The first-order valence-electron chi connectivity index (χ1n) is 6.64. The smallest absolute Gasteiger partial charge is 0.184 e. The average molecular weight is 238 g/mol. The van der Waals surface area contributed by atoms with E-state index in [9.17, 15) is 4.79 Å². The van der Waals surface area contributed by atoms with Crippen LogP contribution in [0.15, 0.2) is 0 Å². The van der Waals surface area contributed by atoms with Crippen molar-refractivity contribution in [3.63, 3.8) is 0 Å². The van der Waals surface area contributed by atoms with Crippen molar-refractivity contribution in [1.82, 2.24) is 0 Å². The number of carbonyl (C=O) groups is 1. The van der Waals surface area contributed by atoms with E-state index in [0.29, 0.717) is 11.7 Å². The zero-order chi connectivity index (χ0) is 11.6. The van der Waals surface area contributed by atoms with Crippen LogP contribution in [-0.4, -0.2) is 19.7 Å². The number of rotatable bonds is 2. The first kappa shape index (κ1) is 11.0. The predicted octanol–water partition coefficient (Wildman–Crippen LogP) is 2.99. The molecule has 0 N–H and O–H groups in total. The largest absolute Gasteiger partial charge is 0.411 e. The van der Waals surface area contributed by atoms with E-state index in [-0.39, 0.29) is 11.5 Å². The van der Waals surface area contributed by atoms with E-state index in [0.717, 1.165) is 12.3 Å². The van der Waals surface area contributed by atoms with Crippen LogP contribution in [-0.2, 0) is 9.22 Å². The number of carbonyl (C=O) groups excluding carboxylic acids is 1. The third kappa shape index (κ3) is 1.44. The van der Waals surface area contributed by atoms with Crippen molar-refractivity contribution >= 4 is 14.1 Å². The van der Waals surface area contributed by atoms with Crippen molar-refractivity contribution in [2.24, 2.45) is 17.8 Å². The van der Waals surface area contributed by atoms with Gasteiger partial charge in [0.2, 0.25) is 0 Å². The van der Waals surface area contributed by atoms with E-state index < -0.39 is 8.32 Å². The van der Waals surface area contributed by atoms with E-state index in [1.807, 2.05) is 0 Å². The molecule has 0 aromatic carbocycles. The number of hydrogen-bond acceptors (Lipinski definition) is 2. The molecule has 3 rings (SSSR count). The van der Waals surface area contributed by atoms with Crippen LogP contribution in [0.25, 0.3) is 0 Å². The van der Waals surface area contributed by atoms with Crippen LogP contribution in [0.5, 0.6) is 0 Å². The summed E-state index contributed by atoms with van der Waals surface area (Å²) in [5.74, 6) is 2.25. The van der Waals surface area contributed by atoms with Crippen LogP contribution in [0.4, 0.5) is 0 Å². The monoisotopic (exact) mass is 238 g/mol. The predicted molar refractivity (Wildman–Crippen MR) is 65.7 cm³/mol. The molecule has 0 aromatic rings. The molecule has 4 atom stereocenters. The molecule has 16 heavy (non-hydrogen) atoms. The van der Waals surface area contributed by atoms with E-state index >= 15 is 0 Å². The van der Waals surface area contributed by atoms with Crippen LogP contribution in [0.1, 0.15) is 32.1 Å². The molecule has 3 heteroatoms. The Hall–Kier alpha value is -0.153. The van der Waals surface area contributed by atoms with Gasteiger partial charge in [-0.25, -0.2) is 0 Å². The fourth-order valence-electron chi connectivity index (χ4n) is 4.46. The van der Waals surface area contributed by atoms with Crippen molar-refractivity contribution < 1.29 is 9.22 Å². The highest BCUT2D eigenvalue weighted by Gasteiger charge is 2.65. The molecule has 0 spiro atoms. The normalized spacial score (nSPS) is 46.4. The molecule has 0 saturated heterocycles. The zero-order valence-electron chi connectivity index (χ0n) is 10.6. The van der Waals surface area contributed by atoms with Gasteiger partial charge in [0.1, 0.15) is 5.78 Å². The average Bonchev–Trinajstić information content (AvgIpc) is 2.55. The van der Waals surface area contributed by atoms with Crippen molar-refractivity contribution in [2.45, 2.75) is 57.3 Å². The van der Waals surface area contributed by atoms with Gasteiger partial charge in [-0.15, -0.1) is 0 Å². The second-order valence-corrected chi connectivity index (χ2v) is 11.4. The summed E-state index contributed by atoms with van der Waals surface area (Å²) in [7, 11) is -1.51. The zero-order valence-corrected chi connectivity index (χ0v) is 11.6. The van der Waals surface area contributed by atoms with Crippen LogP contribution < -0.4 is 0 Å². The van der Waals surface area contributed by atoms with Gasteiger partial charge in [0.15, 0.2) is 8.32 Å². The molecule has 0 heterocycles. The third-order valence-corrected chi connectivity index (χ3v) is 5.67. The second kappa shape index (κ2) is 3.20. The van der Waals surface area contributed by atoms with Gasteiger partial charge in [0.25, 0.3) is 0 Å². The lowest BCUT2D eigenvalue weighted by atomic mass is 9.67. The molecule has 0 bridgehead atoms. The lowest BCUT2D eigenvalue weighted by Gasteiger charge is -2.48. The molecule has 3 fully saturated rings. The van der Waals surface area contributed by atoms with E-state index in [1.165, 1.54) is 25.7 Å². The first-order valence-corrected chi connectivity index (χ1v) is 10.1. The lowest BCUT2D eigenvalue weighted by Crippen LogP contribution is -2.58. The Bertz CT molecular complexity index is 333. The van der Waals surface area contributed by atoms with E-state index in [2.05, 4.69) is 19.6 Å². The number of hydrogen-bond donors (Lipinski definition) is 0. The topological polar surface area (TPSA) is 26.3 Å². The Morgan fingerprint density at radius 1 is 1.31 bits per heavy atom. The summed E-state index contributed by atoms with van der Waals surface area (Å²) in [5.41, 5.74) is -0.00267. The second-order valence-electron chi connectivity index (χ2n) is 6.96. The minimum atomic E-state index is -1.51. The standard InChI is InChI=1S/C13H22O2Si/c1-16(2,3)15-13-7-9-5-4-6-10(9)12(13)11(14)8-13/h9-10,12H,4-8H2,1-3H3/t9-,10-,12-,13-/m0/s1. The highest BCUT2D eigenvalue weighted by Crippen LogP contribution is 2.61. The molecular weight excluding hydrogens is 216 g/mol. The summed E-state index contributed by atoms with van der Waals surface area (Å²) >= 11 is 0. The lowest BCUT2D eigenvalue weighted by molar-refractivity contribution is -0.152. The summed E-state index contributed by atoms with van der Waals surface area (Å²) < 4.78 is 6.41. The molecule has 3 aliphatic rings. The van der Waals surface area contributed by atoms with Gasteiger partial charge in [-0.1, -0.05) is 12.8 Å². The van der Waals surface area contributed by atoms with Crippen molar-refractivity contribution in [1.29, 1.82) is 0 Å². The maximum Gasteiger partial charge on any atom is 0.184 e. The van der Waals surface area contributed by atoms with E-state index in [1.54, 1.807) is 0 Å². The fraction of sp³-hybridized carbons (Fsp3) is 0.923. The molecule has 0 aromatic heterocycles. The quantitative estimate of drug-likeness (QED) is 0.691. The molecule has 0 unspecified atom stereocenters. The molecule has 2 nitrogen and oxygen atoms in total. The molecule has 90 valence electrons. The Morgan fingerprint density at radius 3 is 2.69 bits per heavy atom. The van der Waals surface area contributed by atoms with Crippen LogP contribution in [0.2, 0.25) is 19.6 Å². The van der Waals surface area contributed by atoms with Gasteiger partial charge in [-0.2, -0.15) is 0 Å². The van der Waals surface area contributed by atoms with Crippen molar-refractivity contribution in [3.05, 3.63) is 0 Å². The van der Waals surface area contributed by atoms with Gasteiger partial charge in [0.05, 0.1) is 5.60 Å². The minimum absolute atomic E-state index is 0.00267. The molecule has 3 saturated carbocycles. The molecular formula is C13H22O2Si. The number of Topliss-reactive ketones (excluding diaryl/α,β-unsaturated/α-hetero) is 1. The minimum Gasteiger partial charge on any atom is -0.411 e. The maximum atomic E-state index is 11.9. The SMILES string of the molecule is C[Si](C)(C)O[C@@]12CC(=O)[C@@H]1[C@H]1CCC[C@H]1C2. The van der Waals surface area contributed by atoms with Gasteiger partial charge in [0, 0.05) is 12.3 Å². The third-order valence-electron chi connectivity index (χ3n) is 4.65. The molecule has 0 amide bonds. The number of ketones is 1. The number of fused-ring (bicyclic) bond motifs is 3. The van der Waals surface area contributed by atoms with Crippen LogP contribution in [0, 0.1) is 17.8 Å². The highest BCUT2D eigenvalue weighted by atomic mass is 28.4. The summed E-state index contributed by atoms with van der Waals surface area (Å²) in [5, 5.41) is 0. The fourth-order valence-corrected chi connectivity index (χ4v) is 5.96. The van der Waals surface area contributed by atoms with Crippen LogP contribution >= 0.6 is 0 Å². The Morgan fingerprint density at radius 2 is 2.06 bits per heavy atom. The van der Waals surface area contributed by atoms with E-state index in [4.69, 9.17) is 4.43 Å². The first-order chi connectivity index (χ1) is 7.41. The van der Waals surface area contributed by atoms with Gasteiger partial charge >= 0.3 is 0 Å². The molecule has 0 aliphatic heterocycles. The molecule has 3 aliphatic carbocycles.